The van der Waals surface area contributed by atoms with E-state index in [2.05, 4.69) is 15.1 Å². The van der Waals surface area contributed by atoms with E-state index in [-0.39, 0.29) is 0 Å². The van der Waals surface area contributed by atoms with Gasteiger partial charge in [-0.3, -0.25) is 4.98 Å². The number of hydrogen-bond donors (Lipinski definition) is 1. The van der Waals surface area contributed by atoms with Crippen LogP contribution >= 0.6 is 11.6 Å². The van der Waals surface area contributed by atoms with Crippen molar-refractivity contribution in [2.45, 2.75) is 0 Å². The monoisotopic (exact) mass is 221 g/mol. The first-order valence-electron chi connectivity index (χ1n) is 4.21. The van der Waals surface area contributed by atoms with Crippen LogP contribution in [-0.4, -0.2) is 21.1 Å². The molecule has 0 unspecified atom stereocenters. The Labute approximate surface area is 91.2 Å². The molecule has 2 heterocycles. The summed E-state index contributed by atoms with van der Waals surface area (Å²) in [5.41, 5.74) is 6.53. The first kappa shape index (κ1) is 9.67. The van der Waals surface area contributed by atoms with Crippen molar-refractivity contribution in [3.05, 3.63) is 35.9 Å². The number of aliphatic imine (C=N–C) groups is 1. The maximum Gasteiger partial charge on any atom is 0.177 e. The minimum atomic E-state index is 0.306. The molecule has 5 nitrogen and oxygen atoms in total. The van der Waals surface area contributed by atoms with E-state index in [9.17, 15) is 0 Å². The Kier molecular flexibility index (Phi) is 2.64. The molecule has 0 aliphatic carbocycles. The molecule has 2 aromatic rings. The summed E-state index contributed by atoms with van der Waals surface area (Å²) in [6.07, 6.45) is 6.23. The summed E-state index contributed by atoms with van der Waals surface area (Å²) in [5, 5.41) is 4.38. The lowest BCUT2D eigenvalue weighted by molar-refractivity contribution is 0.874. The largest absolute Gasteiger partial charge is 0.390 e. The van der Waals surface area contributed by atoms with Gasteiger partial charge in [0.2, 0.25) is 0 Å². The molecule has 2 N–H and O–H groups in total. The van der Waals surface area contributed by atoms with Gasteiger partial charge in [0, 0.05) is 6.20 Å². The fraction of sp³-hybridized carbons (Fsp3) is 0. The van der Waals surface area contributed by atoms with E-state index >= 15 is 0 Å². The molecule has 76 valence electrons. The predicted octanol–water partition coefficient (Wildman–Crippen LogP) is 1.54. The zero-order chi connectivity index (χ0) is 10.7. The Bertz CT molecular complexity index is 477. The lowest BCUT2D eigenvalue weighted by Gasteiger charge is -1.97. The highest BCUT2D eigenvalue weighted by molar-refractivity contribution is 6.31. The first-order valence-corrected chi connectivity index (χ1v) is 4.59. The van der Waals surface area contributed by atoms with Crippen molar-refractivity contribution in [1.29, 1.82) is 0 Å². The van der Waals surface area contributed by atoms with Gasteiger partial charge in [0.1, 0.15) is 5.69 Å². The Morgan fingerprint density at radius 2 is 2.40 bits per heavy atom. The number of hydrogen-bond acceptors (Lipinski definition) is 3. The van der Waals surface area contributed by atoms with Gasteiger partial charge >= 0.3 is 0 Å². The maximum absolute atomic E-state index is 5.85. The zero-order valence-corrected chi connectivity index (χ0v) is 8.46. The van der Waals surface area contributed by atoms with Gasteiger partial charge in [0.25, 0.3) is 0 Å². The summed E-state index contributed by atoms with van der Waals surface area (Å²) < 4.78 is 1.59. The number of nitrogens with two attached hydrogens (primary N) is 1. The molecule has 2 aromatic heterocycles. The van der Waals surface area contributed by atoms with Crippen molar-refractivity contribution in [3.63, 3.8) is 0 Å². The number of pyridine rings is 1. The van der Waals surface area contributed by atoms with Crippen molar-refractivity contribution in [2.75, 3.05) is 0 Å². The standard InChI is InChI=1S/C9H8ClN5/c10-9-8(13-6-11)5-15(14-9)7-2-1-3-12-4-7/h1-6H,(H2,11,13). The second-order valence-electron chi connectivity index (χ2n) is 2.74. The fourth-order valence-electron chi connectivity index (χ4n) is 1.13. The van der Waals surface area contributed by atoms with Crippen LogP contribution in [0, 0.1) is 0 Å². The summed E-state index contributed by atoms with van der Waals surface area (Å²) >= 11 is 5.85. The molecule has 0 amide bonds. The molecule has 0 spiro atoms. The molecule has 2 rings (SSSR count). The number of halogens is 1. The molecule has 0 fully saturated rings. The van der Waals surface area contributed by atoms with Gasteiger partial charge in [0.15, 0.2) is 5.15 Å². The van der Waals surface area contributed by atoms with Crippen LogP contribution in [0.2, 0.25) is 5.15 Å². The third-order valence-corrected chi connectivity index (χ3v) is 2.04. The molecule has 0 saturated heterocycles. The number of aromatic nitrogens is 3. The van der Waals surface area contributed by atoms with Crippen molar-refractivity contribution in [2.24, 2.45) is 10.7 Å². The summed E-state index contributed by atoms with van der Waals surface area (Å²) in [6.45, 7) is 0. The second kappa shape index (κ2) is 4.10. The van der Waals surface area contributed by atoms with Gasteiger partial charge in [-0.15, -0.1) is 0 Å². The lowest BCUT2D eigenvalue weighted by Crippen LogP contribution is -1.93. The fourth-order valence-corrected chi connectivity index (χ4v) is 1.31. The topological polar surface area (TPSA) is 69.1 Å². The van der Waals surface area contributed by atoms with E-state index in [0.29, 0.717) is 10.8 Å². The molecule has 15 heavy (non-hydrogen) atoms. The third kappa shape index (κ3) is 1.97. The van der Waals surface area contributed by atoms with Crippen molar-refractivity contribution < 1.29 is 0 Å². The van der Waals surface area contributed by atoms with Crippen molar-refractivity contribution >= 4 is 23.6 Å². The molecule has 6 heteroatoms. The second-order valence-corrected chi connectivity index (χ2v) is 3.10. The molecule has 0 bridgehead atoms. The van der Waals surface area contributed by atoms with E-state index < -0.39 is 0 Å². The minimum absolute atomic E-state index is 0.306. The lowest BCUT2D eigenvalue weighted by atomic mass is 10.4. The summed E-state index contributed by atoms with van der Waals surface area (Å²) in [5.74, 6) is 0. The van der Waals surface area contributed by atoms with Crippen LogP contribution in [0.4, 0.5) is 5.69 Å². The van der Waals surface area contributed by atoms with Gasteiger partial charge in [-0.1, -0.05) is 11.6 Å². The van der Waals surface area contributed by atoms with Crippen LogP contribution in [0.3, 0.4) is 0 Å². The molecular formula is C9H8ClN5. The van der Waals surface area contributed by atoms with E-state index in [1.165, 1.54) is 6.34 Å². The molecule has 0 atom stereocenters. The van der Waals surface area contributed by atoms with Gasteiger partial charge in [-0.25, -0.2) is 9.67 Å². The average Bonchev–Trinajstić information content (AvgIpc) is 2.63. The Morgan fingerprint density at radius 1 is 1.53 bits per heavy atom. The van der Waals surface area contributed by atoms with Gasteiger partial charge in [-0.2, -0.15) is 5.10 Å². The highest BCUT2D eigenvalue weighted by atomic mass is 35.5. The van der Waals surface area contributed by atoms with E-state index in [4.69, 9.17) is 17.3 Å². The Morgan fingerprint density at radius 3 is 3.07 bits per heavy atom. The number of rotatable bonds is 2. The number of nitrogens with zero attached hydrogens (tertiary/aromatic N) is 4. The highest BCUT2D eigenvalue weighted by Crippen LogP contribution is 2.23. The predicted molar refractivity (Wildman–Crippen MR) is 58.7 cm³/mol. The van der Waals surface area contributed by atoms with Crippen LogP contribution in [0.15, 0.2) is 35.7 Å². The van der Waals surface area contributed by atoms with Crippen molar-refractivity contribution in [3.8, 4) is 5.69 Å². The quantitative estimate of drug-likeness (QED) is 0.618. The highest BCUT2D eigenvalue weighted by Gasteiger charge is 2.05. The summed E-state index contributed by atoms with van der Waals surface area (Å²) in [7, 11) is 0. The molecule has 0 radical (unpaired) electrons. The third-order valence-electron chi connectivity index (χ3n) is 1.78. The smallest absolute Gasteiger partial charge is 0.177 e. The Balaban J connectivity index is 2.43. The average molecular weight is 222 g/mol. The van der Waals surface area contributed by atoms with Gasteiger partial charge in [0.05, 0.1) is 24.4 Å². The van der Waals surface area contributed by atoms with Crippen LogP contribution in [0.1, 0.15) is 0 Å². The van der Waals surface area contributed by atoms with Crippen LogP contribution < -0.4 is 5.73 Å². The van der Waals surface area contributed by atoms with Crippen molar-refractivity contribution in [1.82, 2.24) is 14.8 Å². The van der Waals surface area contributed by atoms with E-state index in [1.807, 2.05) is 12.1 Å². The molecular weight excluding hydrogens is 214 g/mol. The van der Waals surface area contributed by atoms with Crippen LogP contribution in [-0.2, 0) is 0 Å². The zero-order valence-electron chi connectivity index (χ0n) is 7.71. The molecule has 0 aromatic carbocycles. The van der Waals surface area contributed by atoms with Gasteiger partial charge in [-0.05, 0) is 12.1 Å². The van der Waals surface area contributed by atoms with Crippen LogP contribution in [0.25, 0.3) is 5.69 Å². The van der Waals surface area contributed by atoms with Gasteiger partial charge < -0.3 is 5.73 Å². The van der Waals surface area contributed by atoms with E-state index in [0.717, 1.165) is 5.69 Å². The minimum Gasteiger partial charge on any atom is -0.390 e. The van der Waals surface area contributed by atoms with Crippen LogP contribution in [0.5, 0.6) is 0 Å². The first-order chi connectivity index (χ1) is 7.31. The SMILES string of the molecule is NC=Nc1cn(-c2cccnc2)nc1Cl. The molecule has 0 aliphatic rings. The molecule has 0 aliphatic heterocycles. The van der Waals surface area contributed by atoms with E-state index in [1.54, 1.807) is 23.3 Å². The summed E-state index contributed by atoms with van der Waals surface area (Å²) in [4.78, 5) is 7.85. The summed E-state index contributed by atoms with van der Waals surface area (Å²) in [6, 6.07) is 3.68. The normalized spacial score (nSPS) is 11.0. The molecule has 0 saturated carbocycles. The Hall–Kier alpha value is -1.88. The maximum atomic E-state index is 5.85.